The van der Waals surface area contributed by atoms with E-state index < -0.39 is 59.4 Å². The lowest BCUT2D eigenvalue weighted by molar-refractivity contribution is -0.144. The van der Waals surface area contributed by atoms with Gasteiger partial charge in [-0.25, -0.2) is 0 Å². The van der Waals surface area contributed by atoms with Crippen LogP contribution in [0.2, 0.25) is 0 Å². The molecule has 1 fully saturated rings. The summed E-state index contributed by atoms with van der Waals surface area (Å²) in [6, 6.07) is 30.6. The van der Waals surface area contributed by atoms with Gasteiger partial charge in [-0.1, -0.05) is 129 Å². The lowest BCUT2D eigenvalue weighted by Crippen LogP contribution is -2.57. The first-order valence-electron chi connectivity index (χ1n) is 20.8. The van der Waals surface area contributed by atoms with Gasteiger partial charge in [-0.2, -0.15) is 0 Å². The van der Waals surface area contributed by atoms with Gasteiger partial charge in [0.1, 0.15) is 12.1 Å². The van der Waals surface area contributed by atoms with Gasteiger partial charge in [0, 0.05) is 31.4 Å². The molecule has 4 aromatic rings. The van der Waals surface area contributed by atoms with Crippen molar-refractivity contribution in [1.82, 2.24) is 16.0 Å². The van der Waals surface area contributed by atoms with Crippen molar-refractivity contribution >= 4 is 41.1 Å². The summed E-state index contributed by atoms with van der Waals surface area (Å²) in [5.74, 6) is -4.43. The number of amides is 4. The average molecular weight is 799 g/mol. The molecule has 2 aliphatic heterocycles. The van der Waals surface area contributed by atoms with Gasteiger partial charge in [-0.05, 0) is 71.6 Å². The minimum atomic E-state index is -1.15. The fraction of sp³-hybridized carbons (Fsp3) is 0.375. The number of hydrogen-bond donors (Lipinski definition) is 5. The van der Waals surface area contributed by atoms with E-state index in [9.17, 15) is 33.9 Å². The van der Waals surface area contributed by atoms with Crippen LogP contribution in [0, 0.1) is 11.8 Å². The van der Waals surface area contributed by atoms with Gasteiger partial charge in [0.2, 0.25) is 23.6 Å². The number of carbonyl (C=O) groups excluding carboxylic acids is 5. The highest BCUT2D eigenvalue weighted by Crippen LogP contribution is 2.28. The maximum atomic E-state index is 14.5. The Morgan fingerprint density at radius 1 is 0.593 bits per heavy atom. The Labute approximate surface area is 345 Å². The first-order valence-corrected chi connectivity index (χ1v) is 20.8. The van der Waals surface area contributed by atoms with E-state index in [-0.39, 0.29) is 44.4 Å². The minimum absolute atomic E-state index is 0.0505. The molecule has 2 bridgehead atoms. The zero-order valence-electron chi connectivity index (χ0n) is 33.4. The van der Waals surface area contributed by atoms with E-state index in [0.717, 1.165) is 54.4 Å². The van der Waals surface area contributed by atoms with Crippen LogP contribution in [0.4, 0.5) is 5.69 Å². The summed E-state index contributed by atoms with van der Waals surface area (Å²) in [6.07, 6.45) is 5.56. The zero-order valence-corrected chi connectivity index (χ0v) is 33.4. The van der Waals surface area contributed by atoms with Crippen LogP contribution in [0.3, 0.4) is 0 Å². The molecule has 0 unspecified atom stereocenters. The van der Waals surface area contributed by atoms with Gasteiger partial charge in [-0.15, -0.1) is 0 Å². The van der Waals surface area contributed by atoms with Crippen LogP contribution in [-0.2, 0) is 48.0 Å². The van der Waals surface area contributed by atoms with E-state index in [4.69, 9.17) is 0 Å². The predicted octanol–water partition coefficient (Wildman–Crippen LogP) is 6.59. The van der Waals surface area contributed by atoms with Crippen LogP contribution in [-0.4, -0.2) is 58.6 Å². The number of ketones is 1. The fourth-order valence-corrected chi connectivity index (χ4v) is 8.07. The van der Waals surface area contributed by atoms with Crippen LogP contribution < -0.4 is 21.3 Å². The molecule has 59 heavy (non-hydrogen) atoms. The highest BCUT2D eigenvalue weighted by atomic mass is 16.4. The second-order valence-corrected chi connectivity index (χ2v) is 15.9. The van der Waals surface area contributed by atoms with Gasteiger partial charge in [0.05, 0.1) is 12.0 Å². The first kappa shape index (κ1) is 42.5. The van der Waals surface area contributed by atoms with Crippen LogP contribution in [0.15, 0.2) is 109 Å². The minimum Gasteiger partial charge on any atom is -0.481 e. The topological polar surface area (TPSA) is 171 Å². The number of nitrogens with one attached hydrogen (secondary N) is 4. The van der Waals surface area contributed by atoms with E-state index in [1.54, 1.807) is 24.3 Å². The second-order valence-electron chi connectivity index (χ2n) is 15.9. The summed E-state index contributed by atoms with van der Waals surface area (Å²) >= 11 is 0. The molecule has 2 heterocycles. The highest BCUT2D eigenvalue weighted by Gasteiger charge is 2.33. The lowest BCUT2D eigenvalue weighted by atomic mass is 9.84. The van der Waals surface area contributed by atoms with Crippen LogP contribution >= 0.6 is 0 Å². The Balaban J connectivity index is 1.32. The molecule has 0 radical (unpaired) electrons. The number of rotatable bonds is 9. The standard InChI is InChI=1S/C48H54N4O7/c53-43-31-38(48(58)59)28-34-18-23-39(24-19-34)49-44(54)26-27-45(55)50-41(29-33-12-6-2-7-13-33)46(56)52-42(47(57)51-40(43)25-20-32-10-4-1-5-11-32)30-35-16-21-37(22-17-35)36-14-8-3-9-15-36/h1,3-5,8-11,14-19,21-24,33,38,40-42H,2,6-7,12-13,20,25-31H2,(H,49,54)(H,50,55)(H,51,57)(H,52,56)(H,58,59)/t38-,40-,41+,42+/m1/s1. The molecule has 4 amide bonds. The first-order chi connectivity index (χ1) is 28.6. The second kappa shape index (κ2) is 21.1. The number of carbonyl (C=O) groups is 6. The summed E-state index contributed by atoms with van der Waals surface area (Å²) in [5.41, 5.74) is 4.85. The number of aryl methyl sites for hydroxylation is 1. The molecular formula is C48H54N4O7. The van der Waals surface area contributed by atoms with E-state index in [1.807, 2.05) is 84.9 Å². The molecule has 308 valence electrons. The van der Waals surface area contributed by atoms with E-state index in [0.29, 0.717) is 24.1 Å². The van der Waals surface area contributed by atoms with Crippen molar-refractivity contribution in [1.29, 1.82) is 0 Å². The molecule has 0 saturated heterocycles. The van der Waals surface area contributed by atoms with Gasteiger partial charge >= 0.3 is 5.97 Å². The van der Waals surface area contributed by atoms with Crippen molar-refractivity contribution in [3.8, 4) is 11.1 Å². The third-order valence-electron chi connectivity index (χ3n) is 11.4. The zero-order chi connectivity index (χ0) is 41.6. The fourth-order valence-electron chi connectivity index (χ4n) is 8.07. The van der Waals surface area contributed by atoms with Gasteiger partial charge < -0.3 is 26.4 Å². The largest absolute Gasteiger partial charge is 0.481 e. The summed E-state index contributed by atoms with van der Waals surface area (Å²) in [7, 11) is 0. The molecule has 11 heteroatoms. The highest BCUT2D eigenvalue weighted by molar-refractivity contribution is 5.97. The van der Waals surface area contributed by atoms with Crippen molar-refractivity contribution in [2.24, 2.45) is 11.8 Å². The van der Waals surface area contributed by atoms with Crippen LogP contribution in [0.5, 0.6) is 0 Å². The lowest BCUT2D eigenvalue weighted by Gasteiger charge is -2.29. The molecule has 3 aliphatic rings. The number of Topliss-reactive ketones (excluding diaryl/α,β-unsaturated/α-hetero) is 1. The Bertz CT molecular complexity index is 2050. The Hall–Kier alpha value is -6.10. The molecule has 4 atom stereocenters. The number of carboxylic acids is 1. The summed E-state index contributed by atoms with van der Waals surface area (Å²) in [4.78, 5) is 81.8. The average Bonchev–Trinajstić information content (AvgIpc) is 3.25. The van der Waals surface area contributed by atoms with Crippen molar-refractivity contribution in [3.05, 3.63) is 126 Å². The van der Waals surface area contributed by atoms with Crippen LogP contribution in [0.25, 0.3) is 11.1 Å². The van der Waals surface area contributed by atoms with Crippen LogP contribution in [0.1, 0.15) is 80.9 Å². The Morgan fingerprint density at radius 3 is 1.88 bits per heavy atom. The van der Waals surface area contributed by atoms with E-state index >= 15 is 0 Å². The molecule has 0 spiro atoms. The molecule has 1 aliphatic carbocycles. The summed E-state index contributed by atoms with van der Waals surface area (Å²) < 4.78 is 0. The monoisotopic (exact) mass is 798 g/mol. The molecule has 11 nitrogen and oxygen atoms in total. The molecule has 4 aromatic carbocycles. The maximum absolute atomic E-state index is 14.5. The predicted molar refractivity (Wildman–Crippen MR) is 226 cm³/mol. The summed E-state index contributed by atoms with van der Waals surface area (Å²) in [6.45, 7) is 0. The number of hydrogen-bond acceptors (Lipinski definition) is 6. The van der Waals surface area contributed by atoms with Crippen molar-refractivity contribution in [2.75, 3.05) is 5.32 Å². The maximum Gasteiger partial charge on any atom is 0.307 e. The van der Waals surface area contributed by atoms with Crippen molar-refractivity contribution in [3.63, 3.8) is 0 Å². The number of anilines is 1. The number of aliphatic carboxylic acids is 1. The number of fused-ring (bicyclic) bond motifs is 18. The van der Waals surface area contributed by atoms with Gasteiger partial charge in [0.15, 0.2) is 5.78 Å². The number of benzene rings is 4. The molecule has 5 N–H and O–H groups in total. The summed E-state index contributed by atoms with van der Waals surface area (Å²) in [5, 5.41) is 21.8. The van der Waals surface area contributed by atoms with Crippen molar-refractivity contribution in [2.45, 2.75) is 102 Å². The van der Waals surface area contributed by atoms with E-state index in [2.05, 4.69) is 21.3 Å². The Kier molecular flexibility index (Phi) is 15.2. The molecule has 1 saturated carbocycles. The van der Waals surface area contributed by atoms with Gasteiger partial charge in [-0.3, -0.25) is 28.8 Å². The smallest absolute Gasteiger partial charge is 0.307 e. The molecular weight excluding hydrogens is 745 g/mol. The third kappa shape index (κ3) is 12.9. The Morgan fingerprint density at radius 2 is 1.20 bits per heavy atom. The SMILES string of the molecule is O=C1CCC(=O)N[C@@H](CC2CCCCC2)C(=O)N[C@@H](Cc2ccc(-c3ccccc3)cc2)C(=O)N[C@H](CCc2ccccc2)C(=O)C[C@H](C(=O)O)Cc2ccc(cc2)N1. The van der Waals surface area contributed by atoms with Gasteiger partial charge in [0.25, 0.3) is 0 Å². The quantitative estimate of drug-likeness (QED) is 0.119. The molecule has 0 aromatic heterocycles. The van der Waals surface area contributed by atoms with Crippen molar-refractivity contribution < 1.29 is 33.9 Å². The third-order valence-corrected chi connectivity index (χ3v) is 11.4. The normalized spacial score (nSPS) is 21.7. The number of carboxylic acid groups (broad SMARTS) is 1. The van der Waals surface area contributed by atoms with E-state index in [1.165, 1.54) is 0 Å². The molecule has 7 rings (SSSR count).